The number of hydrogen-bond donors (Lipinski definition) is 2. The van der Waals surface area contributed by atoms with Crippen LogP contribution in [0.5, 0.6) is 0 Å². The van der Waals surface area contributed by atoms with Gasteiger partial charge in [-0.05, 0) is 43.5 Å². The van der Waals surface area contributed by atoms with Gasteiger partial charge in [0.15, 0.2) is 0 Å². The van der Waals surface area contributed by atoms with Crippen LogP contribution in [0, 0.1) is 18.2 Å². The molecule has 0 bridgehead atoms. The average Bonchev–Trinajstić information content (AvgIpc) is 2.70. The van der Waals surface area contributed by atoms with Crippen LogP contribution >= 0.6 is 0 Å². The van der Waals surface area contributed by atoms with Crippen molar-refractivity contribution in [2.45, 2.75) is 44.0 Å². The third-order valence-electron chi connectivity index (χ3n) is 4.07. The van der Waals surface area contributed by atoms with Crippen LogP contribution in [-0.4, -0.2) is 26.2 Å². The van der Waals surface area contributed by atoms with E-state index in [0.29, 0.717) is 12.0 Å². The molecule has 2 N–H and O–H groups in total. The number of rotatable bonds is 4. The van der Waals surface area contributed by atoms with Gasteiger partial charge in [-0.1, -0.05) is 13.3 Å². The molecular formula is C14H20FNO3S. The van der Waals surface area contributed by atoms with Gasteiger partial charge in [-0.3, -0.25) is 0 Å². The zero-order chi connectivity index (χ0) is 15.0. The van der Waals surface area contributed by atoms with E-state index in [9.17, 15) is 17.9 Å². The van der Waals surface area contributed by atoms with Crippen LogP contribution in [0.15, 0.2) is 23.1 Å². The molecule has 1 aromatic rings. The van der Waals surface area contributed by atoms with E-state index in [1.165, 1.54) is 12.1 Å². The number of aliphatic hydroxyl groups excluding tert-OH is 1. The van der Waals surface area contributed by atoms with Crippen molar-refractivity contribution in [3.63, 3.8) is 0 Å². The van der Waals surface area contributed by atoms with Gasteiger partial charge in [-0.15, -0.1) is 0 Å². The van der Waals surface area contributed by atoms with Gasteiger partial charge in [0.1, 0.15) is 5.82 Å². The highest BCUT2D eigenvalue weighted by atomic mass is 32.2. The summed E-state index contributed by atoms with van der Waals surface area (Å²) in [7, 11) is -3.77. The minimum atomic E-state index is -3.77. The lowest BCUT2D eigenvalue weighted by atomic mass is 9.86. The summed E-state index contributed by atoms with van der Waals surface area (Å²) in [6, 6.07) is 3.42. The molecule has 2 unspecified atom stereocenters. The highest BCUT2D eigenvalue weighted by Crippen LogP contribution is 2.38. The van der Waals surface area contributed by atoms with Crippen molar-refractivity contribution < 1.29 is 17.9 Å². The number of nitrogens with one attached hydrogen (secondary N) is 1. The monoisotopic (exact) mass is 301 g/mol. The van der Waals surface area contributed by atoms with Crippen molar-refractivity contribution in [1.29, 1.82) is 0 Å². The molecule has 20 heavy (non-hydrogen) atoms. The van der Waals surface area contributed by atoms with Gasteiger partial charge in [-0.25, -0.2) is 17.5 Å². The molecule has 0 heterocycles. The first-order valence-corrected chi connectivity index (χ1v) is 8.15. The molecule has 1 fully saturated rings. The molecule has 4 nitrogen and oxygen atoms in total. The molecular weight excluding hydrogens is 281 g/mol. The summed E-state index contributed by atoms with van der Waals surface area (Å²) in [6.07, 6.45) is 2.33. The second kappa shape index (κ2) is 5.42. The Kier molecular flexibility index (Phi) is 4.18. The molecule has 0 saturated heterocycles. The summed E-state index contributed by atoms with van der Waals surface area (Å²) in [6.45, 7) is 3.45. The standard InChI is InChI=1S/C14H20FNO3S/c1-10-6-11(15)8-12(7-10)20(18,19)16-13-4-3-5-14(13,2)9-17/h6-8,13,16-17H,3-5,9H2,1-2H3. The lowest BCUT2D eigenvalue weighted by molar-refractivity contribution is 0.127. The molecule has 2 rings (SSSR count). The smallest absolute Gasteiger partial charge is 0.240 e. The molecule has 6 heteroatoms. The third-order valence-corrected chi connectivity index (χ3v) is 5.52. The molecule has 1 saturated carbocycles. The van der Waals surface area contributed by atoms with E-state index < -0.39 is 21.3 Å². The van der Waals surface area contributed by atoms with Crippen molar-refractivity contribution in [3.05, 3.63) is 29.6 Å². The molecule has 1 aliphatic carbocycles. The highest BCUT2D eigenvalue weighted by molar-refractivity contribution is 7.89. The van der Waals surface area contributed by atoms with E-state index in [1.54, 1.807) is 6.92 Å². The van der Waals surface area contributed by atoms with Gasteiger partial charge in [-0.2, -0.15) is 0 Å². The number of halogens is 1. The number of hydrogen-bond acceptors (Lipinski definition) is 3. The van der Waals surface area contributed by atoms with Crippen molar-refractivity contribution >= 4 is 10.0 Å². The molecule has 2 atom stereocenters. The maximum absolute atomic E-state index is 13.4. The van der Waals surface area contributed by atoms with E-state index in [1.807, 2.05) is 6.92 Å². The first-order valence-electron chi connectivity index (χ1n) is 6.67. The minimum absolute atomic E-state index is 0.0671. The Morgan fingerprint density at radius 2 is 2.15 bits per heavy atom. The SMILES string of the molecule is Cc1cc(F)cc(S(=O)(=O)NC2CCCC2(C)CO)c1. The van der Waals surface area contributed by atoms with Gasteiger partial charge in [0.2, 0.25) is 10.0 Å². The fraction of sp³-hybridized carbons (Fsp3) is 0.571. The topological polar surface area (TPSA) is 66.4 Å². The van der Waals surface area contributed by atoms with Gasteiger partial charge in [0.05, 0.1) is 4.90 Å². The Labute approximate surface area is 119 Å². The van der Waals surface area contributed by atoms with E-state index in [-0.39, 0.29) is 17.5 Å². The van der Waals surface area contributed by atoms with E-state index in [4.69, 9.17) is 0 Å². The van der Waals surface area contributed by atoms with Crippen LogP contribution in [0.2, 0.25) is 0 Å². The predicted octanol–water partition coefficient (Wildman–Crippen LogP) is 1.96. The lowest BCUT2D eigenvalue weighted by Gasteiger charge is -2.29. The largest absolute Gasteiger partial charge is 0.396 e. The van der Waals surface area contributed by atoms with Crippen molar-refractivity contribution in [2.75, 3.05) is 6.61 Å². The fourth-order valence-electron chi connectivity index (χ4n) is 2.74. The quantitative estimate of drug-likeness (QED) is 0.893. The second-order valence-electron chi connectivity index (χ2n) is 5.84. The van der Waals surface area contributed by atoms with Crippen LogP contribution in [0.4, 0.5) is 4.39 Å². The molecule has 0 spiro atoms. The molecule has 112 valence electrons. The van der Waals surface area contributed by atoms with Gasteiger partial charge < -0.3 is 5.11 Å². The molecule has 0 aromatic heterocycles. The average molecular weight is 301 g/mol. The summed E-state index contributed by atoms with van der Waals surface area (Å²) in [4.78, 5) is -0.0674. The highest BCUT2D eigenvalue weighted by Gasteiger charge is 2.40. The first kappa shape index (κ1) is 15.4. The van der Waals surface area contributed by atoms with Gasteiger partial charge in [0, 0.05) is 18.1 Å². The normalized spacial score (nSPS) is 26.9. The van der Waals surface area contributed by atoms with Gasteiger partial charge >= 0.3 is 0 Å². The maximum Gasteiger partial charge on any atom is 0.240 e. The minimum Gasteiger partial charge on any atom is -0.396 e. The number of sulfonamides is 1. The summed E-state index contributed by atoms with van der Waals surface area (Å²) in [5.74, 6) is -0.568. The molecule has 0 amide bonds. The van der Waals surface area contributed by atoms with Crippen molar-refractivity contribution in [3.8, 4) is 0 Å². The van der Waals surface area contributed by atoms with E-state index >= 15 is 0 Å². The van der Waals surface area contributed by atoms with Gasteiger partial charge in [0.25, 0.3) is 0 Å². The third kappa shape index (κ3) is 3.02. The van der Waals surface area contributed by atoms with E-state index in [2.05, 4.69) is 4.72 Å². The maximum atomic E-state index is 13.4. The van der Waals surface area contributed by atoms with Crippen LogP contribution in [0.3, 0.4) is 0 Å². The number of aliphatic hydroxyl groups is 1. The Morgan fingerprint density at radius 1 is 1.45 bits per heavy atom. The van der Waals surface area contributed by atoms with Crippen LogP contribution in [0.25, 0.3) is 0 Å². The van der Waals surface area contributed by atoms with Crippen LogP contribution < -0.4 is 4.72 Å². The zero-order valence-electron chi connectivity index (χ0n) is 11.7. The van der Waals surface area contributed by atoms with Crippen molar-refractivity contribution in [1.82, 2.24) is 4.72 Å². The summed E-state index contributed by atoms with van der Waals surface area (Å²) < 4.78 is 40.6. The second-order valence-corrected chi connectivity index (χ2v) is 7.56. The number of aryl methyl sites for hydroxylation is 1. The Hall–Kier alpha value is -0.980. The Balaban J connectivity index is 2.27. The molecule has 0 radical (unpaired) electrons. The Morgan fingerprint density at radius 3 is 2.75 bits per heavy atom. The zero-order valence-corrected chi connectivity index (χ0v) is 12.5. The summed E-state index contributed by atoms with van der Waals surface area (Å²) >= 11 is 0. The number of benzene rings is 1. The molecule has 1 aliphatic rings. The van der Waals surface area contributed by atoms with Crippen LogP contribution in [-0.2, 0) is 10.0 Å². The lowest BCUT2D eigenvalue weighted by Crippen LogP contribution is -2.44. The fourth-order valence-corrected chi connectivity index (χ4v) is 4.26. The van der Waals surface area contributed by atoms with Crippen molar-refractivity contribution in [2.24, 2.45) is 5.41 Å². The summed E-state index contributed by atoms with van der Waals surface area (Å²) in [5, 5.41) is 9.46. The molecule has 0 aliphatic heterocycles. The molecule has 1 aromatic carbocycles. The van der Waals surface area contributed by atoms with E-state index in [0.717, 1.165) is 18.9 Å². The van der Waals surface area contributed by atoms with Crippen LogP contribution in [0.1, 0.15) is 31.7 Å². The Bertz CT molecular complexity index is 582. The summed E-state index contributed by atoms with van der Waals surface area (Å²) in [5.41, 5.74) is 0.108. The predicted molar refractivity (Wildman–Crippen MR) is 74.3 cm³/mol. The first-order chi connectivity index (χ1) is 9.27.